The van der Waals surface area contributed by atoms with E-state index < -0.39 is 0 Å². The van der Waals surface area contributed by atoms with Gasteiger partial charge in [-0.2, -0.15) is 0 Å². The summed E-state index contributed by atoms with van der Waals surface area (Å²) in [7, 11) is 2.06. The molecule has 0 spiro atoms. The van der Waals surface area contributed by atoms with Gasteiger partial charge in [-0.1, -0.05) is 6.42 Å². The summed E-state index contributed by atoms with van der Waals surface area (Å²) >= 11 is 0. The van der Waals surface area contributed by atoms with E-state index in [1.165, 1.54) is 84.3 Å². The van der Waals surface area contributed by atoms with Crippen LogP contribution in [0.15, 0.2) is 0 Å². The standard InChI is InChI=1S/C15H31N3/c1-16-8-5-15-6-11-18(12-7-15)14-13-17-9-3-2-4-10-17/h15-16H,2-14H2,1H3. The SMILES string of the molecule is CNCCC1CCN(CCN2CCCCC2)CC1. The molecule has 0 unspecified atom stereocenters. The first-order chi connectivity index (χ1) is 8.88. The van der Waals surface area contributed by atoms with Crippen molar-refractivity contribution in [3.63, 3.8) is 0 Å². The number of nitrogens with one attached hydrogen (secondary N) is 1. The maximum atomic E-state index is 3.27. The zero-order valence-electron chi connectivity index (χ0n) is 12.2. The Hall–Kier alpha value is -0.120. The van der Waals surface area contributed by atoms with Crippen LogP contribution in [0.1, 0.15) is 38.5 Å². The van der Waals surface area contributed by atoms with Crippen molar-refractivity contribution in [1.82, 2.24) is 15.1 Å². The van der Waals surface area contributed by atoms with E-state index in [4.69, 9.17) is 0 Å². The van der Waals surface area contributed by atoms with E-state index >= 15 is 0 Å². The van der Waals surface area contributed by atoms with E-state index in [2.05, 4.69) is 22.2 Å². The van der Waals surface area contributed by atoms with Crippen LogP contribution in [-0.2, 0) is 0 Å². The van der Waals surface area contributed by atoms with Crippen LogP contribution < -0.4 is 5.32 Å². The van der Waals surface area contributed by atoms with Gasteiger partial charge in [0.2, 0.25) is 0 Å². The zero-order valence-corrected chi connectivity index (χ0v) is 12.2. The molecule has 2 rings (SSSR count). The van der Waals surface area contributed by atoms with Gasteiger partial charge in [0.1, 0.15) is 0 Å². The molecule has 0 atom stereocenters. The second kappa shape index (κ2) is 8.13. The van der Waals surface area contributed by atoms with Crippen molar-refractivity contribution in [1.29, 1.82) is 0 Å². The fraction of sp³-hybridized carbons (Fsp3) is 1.00. The number of hydrogen-bond donors (Lipinski definition) is 1. The molecule has 2 aliphatic heterocycles. The molecule has 2 heterocycles. The number of nitrogens with zero attached hydrogens (tertiary/aromatic N) is 2. The Morgan fingerprint density at radius 3 is 2.11 bits per heavy atom. The summed E-state index contributed by atoms with van der Waals surface area (Å²) in [5, 5.41) is 3.27. The molecule has 0 amide bonds. The van der Waals surface area contributed by atoms with Crippen LogP contribution in [0.3, 0.4) is 0 Å². The molecule has 2 saturated heterocycles. The van der Waals surface area contributed by atoms with Crippen molar-refractivity contribution in [3.8, 4) is 0 Å². The molecular formula is C15H31N3. The summed E-state index contributed by atoms with van der Waals surface area (Å²) in [5.74, 6) is 0.976. The van der Waals surface area contributed by atoms with Gasteiger partial charge in [0.25, 0.3) is 0 Å². The first kappa shape index (κ1) is 14.3. The average Bonchev–Trinajstić information content (AvgIpc) is 2.45. The minimum absolute atomic E-state index is 0.976. The van der Waals surface area contributed by atoms with Crippen LogP contribution in [0.4, 0.5) is 0 Å². The molecule has 0 aromatic rings. The van der Waals surface area contributed by atoms with E-state index in [0.29, 0.717) is 0 Å². The van der Waals surface area contributed by atoms with E-state index in [-0.39, 0.29) is 0 Å². The number of rotatable bonds is 6. The van der Waals surface area contributed by atoms with Gasteiger partial charge in [-0.05, 0) is 77.8 Å². The van der Waals surface area contributed by atoms with Crippen LogP contribution in [0, 0.1) is 5.92 Å². The van der Waals surface area contributed by atoms with E-state index in [1.54, 1.807) is 0 Å². The van der Waals surface area contributed by atoms with Crippen LogP contribution in [0.25, 0.3) is 0 Å². The van der Waals surface area contributed by atoms with Crippen LogP contribution in [-0.4, -0.2) is 62.7 Å². The van der Waals surface area contributed by atoms with Gasteiger partial charge in [-0.15, -0.1) is 0 Å². The molecule has 1 N–H and O–H groups in total. The summed E-state index contributed by atoms with van der Waals surface area (Å²) < 4.78 is 0. The van der Waals surface area contributed by atoms with Crippen LogP contribution in [0.2, 0.25) is 0 Å². The third-order valence-electron chi connectivity index (χ3n) is 4.69. The molecule has 2 fully saturated rings. The second-order valence-corrected chi connectivity index (χ2v) is 6.08. The van der Waals surface area contributed by atoms with E-state index in [9.17, 15) is 0 Å². The lowest BCUT2D eigenvalue weighted by atomic mass is 9.93. The Morgan fingerprint density at radius 1 is 0.889 bits per heavy atom. The molecule has 0 aromatic carbocycles. The van der Waals surface area contributed by atoms with Gasteiger partial charge in [0, 0.05) is 13.1 Å². The lowest BCUT2D eigenvalue weighted by molar-refractivity contribution is 0.143. The molecule has 0 saturated carbocycles. The Labute approximate surface area is 113 Å². The molecule has 0 radical (unpaired) electrons. The highest BCUT2D eigenvalue weighted by molar-refractivity contribution is 4.74. The van der Waals surface area contributed by atoms with Crippen LogP contribution >= 0.6 is 0 Å². The molecule has 0 bridgehead atoms. The summed E-state index contributed by atoms with van der Waals surface area (Å²) in [6.07, 6.45) is 8.51. The van der Waals surface area contributed by atoms with Gasteiger partial charge in [-0.25, -0.2) is 0 Å². The molecule has 0 aromatic heterocycles. The van der Waals surface area contributed by atoms with Crippen molar-refractivity contribution in [2.75, 3.05) is 52.9 Å². The summed E-state index contributed by atoms with van der Waals surface area (Å²) in [5.41, 5.74) is 0. The number of piperidine rings is 2. The Balaban J connectivity index is 1.55. The number of likely N-dealkylation sites (tertiary alicyclic amines) is 2. The van der Waals surface area contributed by atoms with Crippen molar-refractivity contribution in [2.45, 2.75) is 38.5 Å². The minimum Gasteiger partial charge on any atom is -0.320 e. The lowest BCUT2D eigenvalue weighted by Gasteiger charge is -2.34. The quantitative estimate of drug-likeness (QED) is 0.778. The van der Waals surface area contributed by atoms with Crippen molar-refractivity contribution in [3.05, 3.63) is 0 Å². The summed E-state index contributed by atoms with van der Waals surface area (Å²) in [6, 6.07) is 0. The molecule has 2 aliphatic rings. The predicted octanol–water partition coefficient (Wildman–Crippen LogP) is 1.79. The highest BCUT2D eigenvalue weighted by atomic mass is 15.2. The molecule has 0 aliphatic carbocycles. The van der Waals surface area contributed by atoms with Gasteiger partial charge in [0.05, 0.1) is 0 Å². The first-order valence-electron chi connectivity index (χ1n) is 7.98. The van der Waals surface area contributed by atoms with Crippen LogP contribution in [0.5, 0.6) is 0 Å². The first-order valence-corrected chi connectivity index (χ1v) is 7.98. The predicted molar refractivity (Wildman–Crippen MR) is 78.0 cm³/mol. The normalized spacial score (nSPS) is 24.5. The lowest BCUT2D eigenvalue weighted by Crippen LogP contribution is -2.41. The van der Waals surface area contributed by atoms with Gasteiger partial charge < -0.3 is 15.1 Å². The van der Waals surface area contributed by atoms with Gasteiger partial charge in [-0.3, -0.25) is 0 Å². The number of hydrogen-bond acceptors (Lipinski definition) is 3. The molecule has 106 valence electrons. The highest BCUT2D eigenvalue weighted by Crippen LogP contribution is 2.20. The van der Waals surface area contributed by atoms with Gasteiger partial charge >= 0.3 is 0 Å². The smallest absolute Gasteiger partial charge is 0.0109 e. The third kappa shape index (κ3) is 4.87. The zero-order chi connectivity index (χ0) is 12.6. The maximum absolute atomic E-state index is 3.27. The van der Waals surface area contributed by atoms with Crippen molar-refractivity contribution >= 4 is 0 Å². The summed E-state index contributed by atoms with van der Waals surface area (Å²) in [6.45, 7) is 9.17. The fourth-order valence-corrected chi connectivity index (χ4v) is 3.31. The van der Waals surface area contributed by atoms with Crippen molar-refractivity contribution in [2.24, 2.45) is 5.92 Å². The monoisotopic (exact) mass is 253 g/mol. The highest BCUT2D eigenvalue weighted by Gasteiger charge is 2.19. The topological polar surface area (TPSA) is 18.5 Å². The average molecular weight is 253 g/mol. The Bertz CT molecular complexity index is 206. The molecule has 3 heteroatoms. The summed E-state index contributed by atoms with van der Waals surface area (Å²) in [4.78, 5) is 5.35. The third-order valence-corrected chi connectivity index (χ3v) is 4.69. The Morgan fingerprint density at radius 2 is 1.50 bits per heavy atom. The van der Waals surface area contributed by atoms with Crippen molar-refractivity contribution < 1.29 is 0 Å². The largest absolute Gasteiger partial charge is 0.320 e. The molecular weight excluding hydrogens is 222 g/mol. The second-order valence-electron chi connectivity index (χ2n) is 6.08. The molecule has 3 nitrogen and oxygen atoms in total. The maximum Gasteiger partial charge on any atom is 0.0109 e. The fourth-order valence-electron chi connectivity index (χ4n) is 3.31. The minimum atomic E-state index is 0.976. The molecule has 18 heavy (non-hydrogen) atoms. The van der Waals surface area contributed by atoms with E-state index in [1.807, 2.05) is 0 Å². The van der Waals surface area contributed by atoms with E-state index in [0.717, 1.165) is 5.92 Å². The Kier molecular flexibility index (Phi) is 6.46. The van der Waals surface area contributed by atoms with Gasteiger partial charge in [0.15, 0.2) is 0 Å².